The van der Waals surface area contributed by atoms with Gasteiger partial charge in [0.2, 0.25) is 15.9 Å². The third-order valence-corrected chi connectivity index (χ3v) is 16.5. The lowest BCUT2D eigenvalue weighted by atomic mass is 9.93. The number of nitrogens with one attached hydrogen (secondary N) is 1. The summed E-state index contributed by atoms with van der Waals surface area (Å²) in [5, 5.41) is 9.04. The number of esters is 1. The third-order valence-electron chi connectivity index (χ3n) is 12.9. The van der Waals surface area contributed by atoms with Crippen LogP contribution in [-0.4, -0.2) is 89.5 Å². The summed E-state index contributed by atoms with van der Waals surface area (Å²) in [7, 11) is -8.34. The van der Waals surface area contributed by atoms with E-state index in [0.717, 1.165) is 24.5 Å². The molecule has 28 heteroatoms. The van der Waals surface area contributed by atoms with Gasteiger partial charge in [-0.1, -0.05) is 37.6 Å². The maximum Gasteiger partial charge on any atom is 0.435 e. The van der Waals surface area contributed by atoms with Crippen molar-refractivity contribution >= 4 is 60.1 Å². The summed E-state index contributed by atoms with van der Waals surface area (Å²) in [6.45, 7) is 1.62. The maximum atomic E-state index is 15.6. The van der Waals surface area contributed by atoms with Gasteiger partial charge in [0, 0.05) is 40.6 Å². The molecule has 2 aliphatic carbocycles. The summed E-state index contributed by atoms with van der Waals surface area (Å²) in [6, 6.07) is 4.13. The van der Waals surface area contributed by atoms with Gasteiger partial charge in [-0.05, 0) is 81.2 Å². The van der Waals surface area contributed by atoms with Crippen LogP contribution in [0.2, 0.25) is 5.02 Å². The minimum atomic E-state index is -5.21. The van der Waals surface area contributed by atoms with Gasteiger partial charge >= 0.3 is 18.3 Å². The van der Waals surface area contributed by atoms with Crippen LogP contribution in [0.1, 0.15) is 86.4 Å². The van der Waals surface area contributed by atoms with Crippen LogP contribution in [0.5, 0.6) is 0 Å². The topological polar surface area (TPSA) is 201 Å². The zero-order valence-electron chi connectivity index (χ0n) is 39.5. The molecular weight excluding hydrogens is 1050 g/mol. The maximum absolute atomic E-state index is 15.6. The number of fused-ring (bicyclic) bond motifs is 4. The van der Waals surface area contributed by atoms with Gasteiger partial charge in [-0.3, -0.25) is 23.9 Å². The van der Waals surface area contributed by atoms with Crippen LogP contribution in [0.15, 0.2) is 42.5 Å². The predicted molar refractivity (Wildman–Crippen MR) is 245 cm³/mol. The lowest BCUT2D eigenvalue weighted by Gasteiger charge is -2.25. The molecule has 3 aromatic heterocycles. The molecule has 0 spiro atoms. The molecule has 2 aromatic carbocycles. The fourth-order valence-corrected chi connectivity index (χ4v) is 10.1. The SMILES string of the molecule is CC(C)[C@H](N)C(=O)OCN(c1nn(CC(F)(F)F)c2c(-c3ccc(CCC(C)(C)S(C)(=O)=O)nc3[C@H](Cc3cc(F)cc(F)c3)NC(=O)Cn3nc(C(F)(F)F)c4c3C(F)(F)[C@@H]3C[C@H]43)ccc(Cl)c12)S(C)(=O)=O. The summed E-state index contributed by atoms with van der Waals surface area (Å²) in [5.41, 5.74) is 0.867. The minimum Gasteiger partial charge on any atom is -0.442 e. The molecule has 2 aliphatic rings. The Kier molecular flexibility index (Phi) is 14.6. The number of ether oxygens (including phenoxy) is 1. The molecule has 73 heavy (non-hydrogen) atoms. The van der Waals surface area contributed by atoms with Gasteiger partial charge < -0.3 is 15.8 Å². The average molecular weight is 1100 g/mol. The molecule has 0 saturated heterocycles. The van der Waals surface area contributed by atoms with E-state index in [0.29, 0.717) is 21.3 Å². The first kappa shape index (κ1) is 55.2. The molecule has 1 fully saturated rings. The normalized spacial score (nSPS) is 17.6. The van der Waals surface area contributed by atoms with Crippen LogP contribution in [-0.2, 0) is 72.2 Å². The number of alkyl halides is 8. The highest BCUT2D eigenvalue weighted by molar-refractivity contribution is 7.92. The molecule has 0 radical (unpaired) electrons. The molecule has 5 aromatic rings. The first-order chi connectivity index (χ1) is 33.5. The number of halogens is 11. The van der Waals surface area contributed by atoms with Crippen molar-refractivity contribution in [3.05, 3.63) is 93.0 Å². The number of carbonyl (C=O) groups is 2. The summed E-state index contributed by atoms with van der Waals surface area (Å²) in [5.74, 6) is -12.4. The Labute approximate surface area is 416 Å². The van der Waals surface area contributed by atoms with E-state index in [9.17, 15) is 61.5 Å². The minimum absolute atomic E-state index is 0.0677. The number of hydrogen-bond acceptors (Lipinski definition) is 11. The molecule has 0 bridgehead atoms. The van der Waals surface area contributed by atoms with E-state index in [1.54, 1.807) is 13.8 Å². The Morgan fingerprint density at radius 3 is 2.16 bits per heavy atom. The summed E-state index contributed by atoms with van der Waals surface area (Å²) in [4.78, 5) is 31.7. The van der Waals surface area contributed by atoms with Gasteiger partial charge in [-0.2, -0.15) is 45.3 Å². The molecule has 15 nitrogen and oxygen atoms in total. The van der Waals surface area contributed by atoms with E-state index >= 15 is 8.78 Å². The fraction of sp³-hybridized carbons (Fsp3) is 0.489. The zero-order chi connectivity index (χ0) is 54.3. The highest BCUT2D eigenvalue weighted by Gasteiger charge is 2.68. The Morgan fingerprint density at radius 1 is 0.959 bits per heavy atom. The highest BCUT2D eigenvalue weighted by atomic mass is 35.5. The van der Waals surface area contributed by atoms with Crippen molar-refractivity contribution in [2.24, 2.45) is 17.6 Å². The lowest BCUT2D eigenvalue weighted by molar-refractivity contribution is -0.146. The number of carbonyl (C=O) groups excluding carboxylic acids is 2. The Hall–Kier alpha value is -5.54. The number of aromatic nitrogens is 5. The third kappa shape index (κ3) is 11.4. The number of amides is 1. The standard InChI is InChI=1S/C45H47ClF10N8O7S2/c1-21(2)35(57)41(66)71-20-64(73(6,69)70)40-34-30(46)10-9-27(37(34)63(61-40)19-43(49,50)51)26-8-7-25(11-12-42(3,4)72(5,67)68)58-36(26)31(15-22-13-23(47)16-24(48)14-22)59-32(65)18-62-39-33(38(60-62)45(54,55)56)28-17-29(28)44(39,52)53/h7-10,13-14,16,21,28-29,31,35H,11-12,15,17-20,57H2,1-6H3,(H,59,65)/t28-,29+,31-,35-/m0/s1. The first-order valence-corrected chi connectivity index (χ1v) is 26.3. The number of rotatable bonds is 18. The Morgan fingerprint density at radius 2 is 1.59 bits per heavy atom. The zero-order valence-corrected chi connectivity index (χ0v) is 41.9. The molecule has 0 unspecified atom stereocenters. The number of nitrogens with two attached hydrogens (primary N) is 1. The summed E-state index contributed by atoms with van der Waals surface area (Å²) >= 11 is 6.68. The smallest absolute Gasteiger partial charge is 0.435 e. The lowest BCUT2D eigenvalue weighted by Crippen LogP contribution is -2.41. The van der Waals surface area contributed by atoms with Crippen LogP contribution in [0.3, 0.4) is 0 Å². The van der Waals surface area contributed by atoms with E-state index in [2.05, 4.69) is 15.5 Å². The molecule has 1 amide bonds. The number of benzene rings is 2. The van der Waals surface area contributed by atoms with Gasteiger partial charge in [-0.25, -0.2) is 29.9 Å². The highest BCUT2D eigenvalue weighted by Crippen LogP contribution is 2.68. The number of hydrogen-bond donors (Lipinski definition) is 2. The average Bonchev–Trinajstić information content (AvgIpc) is 3.76. The van der Waals surface area contributed by atoms with Crippen molar-refractivity contribution in [3.8, 4) is 11.1 Å². The van der Waals surface area contributed by atoms with Gasteiger partial charge in [0.25, 0.3) is 5.92 Å². The number of aryl methyl sites for hydroxylation is 1. The molecule has 3 heterocycles. The van der Waals surface area contributed by atoms with Gasteiger partial charge in [0.1, 0.15) is 36.5 Å². The quantitative estimate of drug-likeness (QED) is 0.0488. The van der Waals surface area contributed by atoms with Gasteiger partial charge in [0.15, 0.2) is 28.1 Å². The van der Waals surface area contributed by atoms with Crippen LogP contribution in [0.4, 0.5) is 49.7 Å². The van der Waals surface area contributed by atoms with E-state index in [4.69, 9.17) is 27.1 Å². The second-order valence-electron chi connectivity index (χ2n) is 19.1. The Balaban J connectivity index is 1.45. The van der Waals surface area contributed by atoms with Crippen molar-refractivity contribution in [1.29, 1.82) is 0 Å². The number of anilines is 1. The second-order valence-corrected chi connectivity index (χ2v) is 24.1. The number of sulfone groups is 1. The molecule has 4 atom stereocenters. The molecule has 0 aliphatic heterocycles. The van der Waals surface area contributed by atoms with Crippen molar-refractivity contribution in [3.63, 3.8) is 0 Å². The fourth-order valence-electron chi connectivity index (χ4n) is 8.66. The van der Waals surface area contributed by atoms with Crippen LogP contribution in [0, 0.1) is 23.5 Å². The summed E-state index contributed by atoms with van der Waals surface area (Å²) in [6.07, 6.45) is -9.83. The number of pyridine rings is 1. The van der Waals surface area contributed by atoms with Crippen molar-refractivity contribution in [2.45, 2.75) is 107 Å². The molecule has 1 saturated carbocycles. The van der Waals surface area contributed by atoms with Gasteiger partial charge in [0.05, 0.1) is 38.7 Å². The second kappa shape index (κ2) is 19.3. The number of sulfonamides is 1. The van der Waals surface area contributed by atoms with E-state index in [1.165, 1.54) is 32.0 Å². The van der Waals surface area contributed by atoms with E-state index in [1.807, 2.05) is 0 Å². The van der Waals surface area contributed by atoms with Crippen molar-refractivity contribution < 1.29 is 75.1 Å². The van der Waals surface area contributed by atoms with E-state index < -0.39 is 161 Å². The molecule has 398 valence electrons. The largest absolute Gasteiger partial charge is 0.442 e. The number of nitrogens with zero attached hydrogens (tertiary/aromatic N) is 6. The van der Waals surface area contributed by atoms with E-state index in [-0.39, 0.29) is 52.0 Å². The van der Waals surface area contributed by atoms with Crippen molar-refractivity contribution in [1.82, 2.24) is 29.9 Å². The van der Waals surface area contributed by atoms with Crippen LogP contribution in [0.25, 0.3) is 22.0 Å². The molecule has 7 rings (SSSR count). The van der Waals surface area contributed by atoms with Crippen LogP contribution >= 0.6 is 11.6 Å². The summed E-state index contributed by atoms with van der Waals surface area (Å²) < 4.78 is 204. The monoisotopic (exact) mass is 1100 g/mol. The first-order valence-electron chi connectivity index (χ1n) is 22.2. The van der Waals surface area contributed by atoms with Crippen molar-refractivity contribution in [2.75, 3.05) is 23.5 Å². The molecule has 3 N–H and O–H groups in total. The predicted octanol–water partition coefficient (Wildman–Crippen LogP) is 8.12. The molecular formula is C45H47ClF10N8O7S2. The van der Waals surface area contributed by atoms with Crippen LogP contribution < -0.4 is 15.4 Å². The van der Waals surface area contributed by atoms with Gasteiger partial charge in [-0.15, -0.1) is 0 Å². The Bertz CT molecular complexity index is 3220.